The van der Waals surface area contributed by atoms with Gasteiger partial charge in [-0.1, -0.05) is 129 Å². The van der Waals surface area contributed by atoms with Gasteiger partial charge in [-0.15, -0.1) is 42.0 Å². The zero-order chi connectivity index (χ0) is 46.2. The number of furan rings is 1. The van der Waals surface area contributed by atoms with E-state index < -0.39 is 8.07 Å². The summed E-state index contributed by atoms with van der Waals surface area (Å²) in [7, 11) is -1.51. The SMILES string of the molecule is CCc1ccc2c(c1)oc1n[c-]c(-c3nc4ccnc(C)c4n3-c3c(-c4ccccc4)cccc3-c3ccccc3)cc12.Cc1cc(-c2cc(-c3[c-]cccc3)ncc2[Si](C)(C)C)cc(C)n1.[Ir]. The molecule has 0 saturated carbocycles. The third-order valence-corrected chi connectivity index (χ3v) is 14.3. The van der Waals surface area contributed by atoms with E-state index in [0.29, 0.717) is 5.71 Å². The monoisotopic (exact) mass is 1080 g/mol. The van der Waals surface area contributed by atoms with Crippen LogP contribution in [0.4, 0.5) is 0 Å². The molecule has 0 amide bonds. The number of para-hydroxylation sites is 1. The second kappa shape index (κ2) is 19.2. The van der Waals surface area contributed by atoms with Crippen LogP contribution in [0.25, 0.3) is 94.8 Å². The third kappa shape index (κ3) is 9.00. The fraction of sp³-hybridized carbons (Fsp3) is 0.136. The van der Waals surface area contributed by atoms with Gasteiger partial charge in [0, 0.05) is 60.4 Å². The van der Waals surface area contributed by atoms with Crippen LogP contribution in [0.5, 0.6) is 0 Å². The number of aryl methyl sites for hydroxylation is 4. The third-order valence-electron chi connectivity index (χ3n) is 12.3. The molecule has 0 spiro atoms. The van der Waals surface area contributed by atoms with E-state index in [1.54, 1.807) is 0 Å². The van der Waals surface area contributed by atoms with Crippen molar-refractivity contribution in [3.8, 4) is 61.7 Å². The molecule has 1 radical (unpaired) electrons. The number of rotatable bonds is 8. The smallest absolute Gasteiger partial charge is 0.141 e. The number of hydrogen-bond acceptors (Lipinski definition) is 6. The molecule has 337 valence electrons. The minimum absolute atomic E-state index is 0. The Hall–Kier alpha value is -7.16. The number of fused-ring (bicyclic) bond motifs is 4. The van der Waals surface area contributed by atoms with Crippen LogP contribution in [0, 0.1) is 33.0 Å². The number of hydrogen-bond donors (Lipinski definition) is 0. The molecule has 68 heavy (non-hydrogen) atoms. The Morgan fingerprint density at radius 2 is 1.32 bits per heavy atom. The maximum Gasteiger partial charge on any atom is 0.141 e. The fourth-order valence-corrected chi connectivity index (χ4v) is 10.5. The van der Waals surface area contributed by atoms with Gasteiger partial charge in [0.15, 0.2) is 0 Å². The van der Waals surface area contributed by atoms with Crippen molar-refractivity contribution in [2.24, 2.45) is 0 Å². The average Bonchev–Trinajstić information content (AvgIpc) is 3.93. The summed E-state index contributed by atoms with van der Waals surface area (Å²) >= 11 is 0. The van der Waals surface area contributed by atoms with Crippen LogP contribution in [-0.2, 0) is 26.5 Å². The molecule has 0 saturated heterocycles. The van der Waals surface area contributed by atoms with E-state index in [9.17, 15) is 0 Å². The molecule has 0 aliphatic heterocycles. The number of pyridine rings is 4. The van der Waals surface area contributed by atoms with E-state index in [-0.39, 0.29) is 20.1 Å². The van der Waals surface area contributed by atoms with Crippen molar-refractivity contribution in [1.82, 2.24) is 29.5 Å². The molecular formula is C59H50IrN6OSi-2. The van der Waals surface area contributed by atoms with E-state index >= 15 is 0 Å². The minimum atomic E-state index is -1.51. The second-order valence-corrected chi connectivity index (χ2v) is 23.1. The van der Waals surface area contributed by atoms with Gasteiger partial charge < -0.3 is 19.0 Å². The van der Waals surface area contributed by atoms with Crippen molar-refractivity contribution in [2.45, 2.75) is 53.8 Å². The minimum Gasteiger partial charge on any atom is -0.483 e. The van der Waals surface area contributed by atoms with Gasteiger partial charge in [0.25, 0.3) is 0 Å². The molecule has 0 fully saturated rings. The Balaban J connectivity index is 0.000000197. The van der Waals surface area contributed by atoms with Crippen molar-refractivity contribution in [3.05, 3.63) is 199 Å². The first-order valence-electron chi connectivity index (χ1n) is 22.8. The predicted octanol–water partition coefficient (Wildman–Crippen LogP) is 14.2. The summed E-state index contributed by atoms with van der Waals surface area (Å²) in [5, 5.41) is 3.36. The van der Waals surface area contributed by atoms with E-state index in [0.717, 1.165) is 101 Å². The van der Waals surface area contributed by atoms with E-state index in [1.165, 1.54) is 21.9 Å². The zero-order valence-electron chi connectivity index (χ0n) is 39.2. The Labute approximate surface area is 412 Å². The summed E-state index contributed by atoms with van der Waals surface area (Å²) in [6.07, 6.45) is 8.11. The number of imidazole rings is 1. The maximum atomic E-state index is 6.15. The largest absolute Gasteiger partial charge is 0.483 e. The van der Waals surface area contributed by atoms with E-state index in [4.69, 9.17) is 19.4 Å². The number of nitrogens with zero attached hydrogens (tertiary/aromatic N) is 6. The molecular weight excluding hydrogens is 1030 g/mol. The maximum absolute atomic E-state index is 6.15. The Bertz CT molecular complexity index is 3500. The Morgan fingerprint density at radius 1 is 0.632 bits per heavy atom. The molecule has 0 N–H and O–H groups in total. The topological polar surface area (TPSA) is 82.5 Å². The molecule has 0 atom stereocenters. The van der Waals surface area contributed by atoms with Gasteiger partial charge in [0.2, 0.25) is 0 Å². The van der Waals surface area contributed by atoms with Crippen molar-refractivity contribution in [1.29, 1.82) is 0 Å². The molecule has 6 heterocycles. The van der Waals surface area contributed by atoms with Gasteiger partial charge in [-0.3, -0.25) is 15.0 Å². The zero-order valence-corrected chi connectivity index (χ0v) is 42.6. The fourth-order valence-electron chi connectivity index (χ4n) is 9.04. The van der Waals surface area contributed by atoms with Gasteiger partial charge in [-0.25, -0.2) is 0 Å². The summed E-state index contributed by atoms with van der Waals surface area (Å²) in [5.41, 5.74) is 18.2. The summed E-state index contributed by atoms with van der Waals surface area (Å²) in [6, 6.07) is 55.8. The quantitative estimate of drug-likeness (QED) is 0.111. The summed E-state index contributed by atoms with van der Waals surface area (Å²) in [6.45, 7) is 15.4. The van der Waals surface area contributed by atoms with Crippen molar-refractivity contribution in [3.63, 3.8) is 0 Å². The molecule has 5 aromatic carbocycles. The first-order valence-corrected chi connectivity index (χ1v) is 26.3. The Kier molecular flexibility index (Phi) is 13.0. The van der Waals surface area contributed by atoms with Crippen molar-refractivity contribution < 1.29 is 24.5 Å². The summed E-state index contributed by atoms with van der Waals surface area (Å²) < 4.78 is 8.40. The molecule has 0 bridgehead atoms. The van der Waals surface area contributed by atoms with Gasteiger partial charge in [-0.2, -0.15) is 0 Å². The van der Waals surface area contributed by atoms with Gasteiger partial charge in [-0.05, 0) is 102 Å². The van der Waals surface area contributed by atoms with Gasteiger partial charge in [0.05, 0.1) is 36.3 Å². The second-order valence-electron chi connectivity index (χ2n) is 18.0. The number of benzene rings is 5. The van der Waals surface area contributed by atoms with E-state index in [2.05, 4.69) is 189 Å². The molecule has 6 aromatic heterocycles. The average molecular weight is 1080 g/mol. The van der Waals surface area contributed by atoms with Crippen LogP contribution < -0.4 is 5.19 Å². The molecule has 11 rings (SSSR count). The van der Waals surface area contributed by atoms with E-state index in [1.807, 2.05) is 49.5 Å². The molecule has 9 heteroatoms. The number of aromatic nitrogens is 6. The van der Waals surface area contributed by atoms with Crippen LogP contribution in [0.1, 0.15) is 29.6 Å². The molecule has 0 aliphatic rings. The van der Waals surface area contributed by atoms with Crippen LogP contribution in [0.2, 0.25) is 19.6 Å². The van der Waals surface area contributed by atoms with Crippen LogP contribution in [-0.4, -0.2) is 37.6 Å². The summed E-state index contributed by atoms with van der Waals surface area (Å²) in [4.78, 5) is 23.8. The van der Waals surface area contributed by atoms with Crippen LogP contribution in [0.3, 0.4) is 0 Å². The van der Waals surface area contributed by atoms with Gasteiger partial charge >= 0.3 is 0 Å². The standard InChI is InChI=1S/C38H27N4O.C21H23N2Si.Ir/c1-3-25-17-18-31-32-22-28(23-40-38(32)43-34(31)21-25)37-41-33-19-20-39-24(2)35(33)42(37)36-29(26-11-6-4-7-12-26)15-10-16-30(36)27-13-8-5-9-14-27;1-15-11-18(12-16(2)23-15)19-13-20(17-9-7-6-8-10-17)22-14-21(19)24(3,4)5;/h4-22H,3H2,1-2H3;6-9,11-14H,1-5H3;/q2*-1;. The van der Waals surface area contributed by atoms with Crippen molar-refractivity contribution in [2.75, 3.05) is 0 Å². The Morgan fingerprint density at radius 3 is 1.97 bits per heavy atom. The van der Waals surface area contributed by atoms with Crippen LogP contribution >= 0.6 is 0 Å². The molecule has 7 nitrogen and oxygen atoms in total. The first kappa shape index (κ1) is 46.0. The molecule has 11 aromatic rings. The summed E-state index contributed by atoms with van der Waals surface area (Å²) in [5.74, 6) is 0.751. The predicted molar refractivity (Wildman–Crippen MR) is 277 cm³/mol. The van der Waals surface area contributed by atoms with Crippen molar-refractivity contribution >= 4 is 46.4 Å². The van der Waals surface area contributed by atoms with Gasteiger partial charge in [0.1, 0.15) is 11.3 Å². The van der Waals surface area contributed by atoms with Crippen LogP contribution in [0.15, 0.2) is 168 Å². The first-order chi connectivity index (χ1) is 32.5. The normalized spacial score (nSPS) is 11.4. The molecule has 0 unspecified atom stereocenters. The molecule has 0 aliphatic carbocycles.